The molecule has 0 bridgehead atoms. The lowest BCUT2D eigenvalue weighted by atomic mass is 10.4. The third-order valence-electron chi connectivity index (χ3n) is 0.967. The van der Waals surface area contributed by atoms with Crippen LogP contribution in [0.2, 0.25) is 0 Å². The van der Waals surface area contributed by atoms with Crippen LogP contribution in [0.3, 0.4) is 0 Å². The number of benzene rings is 1. The second-order valence-electron chi connectivity index (χ2n) is 1.59. The molecule has 0 unspecified atom stereocenters. The molecule has 2 nitrogen and oxygen atoms in total. The molecule has 0 heterocycles. The molecule has 1 aromatic carbocycles. The van der Waals surface area contributed by atoms with E-state index in [-0.39, 0.29) is 0 Å². The van der Waals surface area contributed by atoms with Crippen molar-refractivity contribution in [1.82, 2.24) is 0 Å². The van der Waals surface area contributed by atoms with Crippen LogP contribution in [-0.2, 0) is 10.7 Å². The zero-order valence-electron chi connectivity index (χ0n) is 6.03. The fraction of sp³-hybridized carbons (Fsp3) is 0.143. The van der Waals surface area contributed by atoms with Crippen molar-refractivity contribution in [2.75, 3.05) is 7.18 Å². The Kier molecular flexibility index (Phi) is 5.37. The molecule has 0 radical (unpaired) electrons. The van der Waals surface area contributed by atoms with Crippen LogP contribution in [0.25, 0.3) is 0 Å². The van der Waals surface area contributed by atoms with Gasteiger partial charge in [-0.3, -0.25) is 4.39 Å². The van der Waals surface area contributed by atoms with Crippen LogP contribution in [0.4, 0.5) is 4.39 Å². The Balaban J connectivity index is 0.000000461. The summed E-state index contributed by atoms with van der Waals surface area (Å²) < 4.78 is 30.0. The Morgan fingerprint density at radius 3 is 1.82 bits per heavy atom. The molecule has 0 N–H and O–H groups in total. The van der Waals surface area contributed by atoms with E-state index in [4.69, 9.17) is 0 Å². The third-order valence-corrected chi connectivity index (χ3v) is 1.69. The smallest absolute Gasteiger partial charge is 0.168 e. The van der Waals surface area contributed by atoms with E-state index in [0.717, 1.165) is 0 Å². The predicted molar refractivity (Wildman–Crippen MR) is 42.1 cm³/mol. The molecule has 62 valence electrons. The van der Waals surface area contributed by atoms with Gasteiger partial charge in [0.1, 0.15) is 0 Å². The summed E-state index contributed by atoms with van der Waals surface area (Å²) in [6.45, 7) is 0. The van der Waals surface area contributed by atoms with Gasteiger partial charge in [-0.05, 0) is 12.1 Å². The molecule has 0 amide bonds. The van der Waals surface area contributed by atoms with Gasteiger partial charge in [0.15, 0.2) is 10.7 Å². The van der Waals surface area contributed by atoms with Crippen molar-refractivity contribution in [3.8, 4) is 0 Å². The first-order valence-corrected chi connectivity index (χ1v) is 4.05. The molecule has 4 heteroatoms. The number of rotatable bonds is 1. The number of alkyl halides is 1. The third kappa shape index (κ3) is 3.72. The molecule has 0 aliphatic rings. The largest absolute Gasteiger partial charge is 0.255 e. The van der Waals surface area contributed by atoms with Gasteiger partial charge in [-0.25, -0.2) is 8.42 Å². The van der Waals surface area contributed by atoms with Crippen LogP contribution in [-0.4, -0.2) is 15.6 Å². The first-order chi connectivity index (χ1) is 5.30. The maximum Gasteiger partial charge on any atom is 0.168 e. The second-order valence-corrected chi connectivity index (χ2v) is 2.62. The Morgan fingerprint density at radius 1 is 1.09 bits per heavy atom. The highest BCUT2D eigenvalue weighted by molar-refractivity contribution is 7.72. The first kappa shape index (κ1) is 10.1. The van der Waals surface area contributed by atoms with Gasteiger partial charge < -0.3 is 0 Å². The number of thiol groups is 1. The van der Waals surface area contributed by atoms with E-state index >= 15 is 0 Å². The highest BCUT2D eigenvalue weighted by Gasteiger charge is 1.87. The van der Waals surface area contributed by atoms with E-state index in [1.165, 1.54) is 0 Å². The molecule has 0 atom stereocenters. The van der Waals surface area contributed by atoms with Gasteiger partial charge in [-0.2, -0.15) is 0 Å². The molecule has 0 saturated heterocycles. The molecule has 11 heavy (non-hydrogen) atoms. The molecular formula is C7H9FO2S. The minimum absolute atomic E-state index is 0.368. The predicted octanol–water partition coefficient (Wildman–Crippen LogP) is 1.24. The summed E-state index contributed by atoms with van der Waals surface area (Å²) in [6.07, 6.45) is 0. The number of hydrogen-bond donors (Lipinski definition) is 1. The van der Waals surface area contributed by atoms with Gasteiger partial charge in [-0.15, -0.1) is 0 Å². The summed E-state index contributed by atoms with van der Waals surface area (Å²) in [5.74, 6) is 0. The van der Waals surface area contributed by atoms with E-state index in [9.17, 15) is 12.8 Å². The molecule has 0 saturated carbocycles. The van der Waals surface area contributed by atoms with Gasteiger partial charge in [-0.1, -0.05) is 18.2 Å². The molecule has 0 aliphatic heterocycles. The van der Waals surface area contributed by atoms with Crippen molar-refractivity contribution in [2.24, 2.45) is 0 Å². The van der Waals surface area contributed by atoms with Crippen molar-refractivity contribution >= 4 is 10.7 Å². The Labute approximate surface area is 66.6 Å². The molecule has 0 fully saturated rings. The summed E-state index contributed by atoms with van der Waals surface area (Å²) in [7, 11) is -1.90. The van der Waals surface area contributed by atoms with Crippen LogP contribution in [0, 0.1) is 0 Å². The van der Waals surface area contributed by atoms with Crippen molar-refractivity contribution in [3.05, 3.63) is 30.3 Å². The molecular weight excluding hydrogens is 167 g/mol. The fourth-order valence-corrected chi connectivity index (χ4v) is 0.965. The van der Waals surface area contributed by atoms with Crippen LogP contribution >= 0.6 is 0 Å². The Morgan fingerprint density at radius 2 is 1.55 bits per heavy atom. The minimum Gasteiger partial charge on any atom is -0.255 e. The SMILES string of the molecule is CF.O=[SH](=O)c1ccccc1. The molecule has 1 rings (SSSR count). The van der Waals surface area contributed by atoms with Crippen molar-refractivity contribution in [1.29, 1.82) is 0 Å². The lowest BCUT2D eigenvalue weighted by Gasteiger charge is -1.83. The van der Waals surface area contributed by atoms with E-state index < -0.39 is 10.7 Å². The van der Waals surface area contributed by atoms with Gasteiger partial charge in [0.2, 0.25) is 0 Å². The van der Waals surface area contributed by atoms with Crippen molar-refractivity contribution < 1.29 is 12.8 Å². The van der Waals surface area contributed by atoms with Crippen molar-refractivity contribution in [3.63, 3.8) is 0 Å². The summed E-state index contributed by atoms with van der Waals surface area (Å²) in [5, 5.41) is 0. The lowest BCUT2D eigenvalue weighted by Crippen LogP contribution is -1.75. The monoisotopic (exact) mass is 176 g/mol. The highest BCUT2D eigenvalue weighted by atomic mass is 32.2. The maximum absolute atomic E-state index is 10.2. The summed E-state index contributed by atoms with van der Waals surface area (Å²) in [4.78, 5) is 0.368. The molecule has 0 aliphatic carbocycles. The van der Waals surface area contributed by atoms with Gasteiger partial charge in [0.05, 0.1) is 12.1 Å². The van der Waals surface area contributed by atoms with E-state index in [1.54, 1.807) is 30.3 Å². The zero-order chi connectivity index (χ0) is 8.69. The van der Waals surface area contributed by atoms with Crippen LogP contribution < -0.4 is 0 Å². The fourth-order valence-electron chi connectivity index (χ4n) is 0.550. The highest BCUT2D eigenvalue weighted by Crippen LogP contribution is 1.97. The zero-order valence-corrected chi connectivity index (χ0v) is 6.92. The second kappa shape index (κ2) is 5.85. The summed E-state index contributed by atoms with van der Waals surface area (Å²) in [5.41, 5.74) is 0. The Hall–Kier alpha value is -0.900. The van der Waals surface area contributed by atoms with Crippen LogP contribution in [0.1, 0.15) is 0 Å². The van der Waals surface area contributed by atoms with Crippen LogP contribution in [0.15, 0.2) is 35.2 Å². The van der Waals surface area contributed by atoms with E-state index in [2.05, 4.69) is 0 Å². The van der Waals surface area contributed by atoms with Gasteiger partial charge >= 0.3 is 0 Å². The average Bonchev–Trinajstić information content (AvgIpc) is 2.10. The quantitative estimate of drug-likeness (QED) is 0.653. The lowest BCUT2D eigenvalue weighted by molar-refractivity contribution is 0.614. The van der Waals surface area contributed by atoms with Crippen LogP contribution in [0.5, 0.6) is 0 Å². The summed E-state index contributed by atoms with van der Waals surface area (Å²) >= 11 is 0. The molecule has 1 aromatic rings. The minimum atomic E-state index is -2.40. The standard InChI is InChI=1S/C6H6O2S.CH3F/c7-9(8)6-4-2-1-3-5-6;1-2/h1-5,9H;1H3. The first-order valence-electron chi connectivity index (χ1n) is 2.88. The van der Waals surface area contributed by atoms with Crippen molar-refractivity contribution in [2.45, 2.75) is 4.90 Å². The summed E-state index contributed by atoms with van der Waals surface area (Å²) in [6, 6.07) is 8.29. The van der Waals surface area contributed by atoms with Gasteiger partial charge in [0, 0.05) is 0 Å². The molecule has 0 spiro atoms. The van der Waals surface area contributed by atoms with E-state index in [0.29, 0.717) is 12.1 Å². The molecule has 0 aromatic heterocycles. The average molecular weight is 176 g/mol. The topological polar surface area (TPSA) is 34.1 Å². The number of hydrogen-bond acceptors (Lipinski definition) is 2. The normalized spacial score (nSPS) is 8.64. The maximum atomic E-state index is 10.2. The number of halogens is 1. The van der Waals surface area contributed by atoms with E-state index in [1.807, 2.05) is 0 Å². The van der Waals surface area contributed by atoms with Gasteiger partial charge in [0.25, 0.3) is 0 Å². The Bertz CT molecular complexity index is 248.